The van der Waals surface area contributed by atoms with Gasteiger partial charge in [0.05, 0.1) is 10.5 Å². The number of hydrogen-bond donors (Lipinski definition) is 1. The minimum Gasteiger partial charge on any atom is -0.382 e. The summed E-state index contributed by atoms with van der Waals surface area (Å²) in [6.07, 6.45) is -2.35. The van der Waals surface area contributed by atoms with Crippen LogP contribution >= 0.6 is 0 Å². The van der Waals surface area contributed by atoms with E-state index in [-0.39, 0.29) is 30.5 Å². The van der Waals surface area contributed by atoms with Crippen molar-refractivity contribution < 1.29 is 26.4 Å². The lowest BCUT2D eigenvalue weighted by Crippen LogP contribution is -2.47. The molecule has 2 aromatic carbocycles. The van der Waals surface area contributed by atoms with Gasteiger partial charge in [-0.2, -0.15) is 13.2 Å². The molecule has 45 heavy (non-hydrogen) atoms. The van der Waals surface area contributed by atoms with Gasteiger partial charge in [-0.15, -0.1) is 0 Å². The lowest BCUT2D eigenvalue weighted by Gasteiger charge is -2.36. The smallest absolute Gasteiger partial charge is 0.382 e. The molecule has 0 spiro atoms. The Kier molecular flexibility index (Phi) is 12.0. The zero-order valence-electron chi connectivity index (χ0n) is 26.5. The van der Waals surface area contributed by atoms with Crippen LogP contribution in [0.25, 0.3) is 0 Å². The molecule has 0 saturated carbocycles. The van der Waals surface area contributed by atoms with Crippen molar-refractivity contribution in [1.29, 1.82) is 0 Å². The Morgan fingerprint density at radius 1 is 0.933 bits per heavy atom. The topological polar surface area (TPSA) is 76.2 Å². The molecule has 2 aromatic rings. The van der Waals surface area contributed by atoms with E-state index in [1.165, 1.54) is 31.4 Å². The van der Waals surface area contributed by atoms with E-state index in [4.69, 9.17) is 0 Å². The number of benzene rings is 2. The molecule has 0 aromatic heterocycles. The van der Waals surface area contributed by atoms with Crippen LogP contribution in [0.5, 0.6) is 0 Å². The van der Waals surface area contributed by atoms with Crippen molar-refractivity contribution >= 4 is 27.3 Å². The van der Waals surface area contributed by atoms with Gasteiger partial charge in [0.15, 0.2) is 0 Å². The Morgan fingerprint density at radius 3 is 2.07 bits per heavy atom. The van der Waals surface area contributed by atoms with Crippen LogP contribution in [0.15, 0.2) is 47.4 Å². The average Bonchev–Trinajstić information content (AvgIpc) is 2.97. The fourth-order valence-electron chi connectivity index (χ4n) is 5.79. The maximum Gasteiger partial charge on any atom is 0.417 e. The predicted molar refractivity (Wildman–Crippen MR) is 175 cm³/mol. The quantitative estimate of drug-likeness (QED) is 0.364. The van der Waals surface area contributed by atoms with Crippen LogP contribution in [0.1, 0.15) is 65.0 Å². The average molecular weight is 654 g/mol. The molecule has 2 aliphatic heterocycles. The number of anilines is 2. The molecule has 2 saturated heterocycles. The van der Waals surface area contributed by atoms with Gasteiger partial charge in [-0.25, -0.2) is 12.7 Å². The molecule has 0 bridgehead atoms. The first kappa shape index (κ1) is 36.6. The van der Waals surface area contributed by atoms with Crippen LogP contribution in [0.2, 0.25) is 0 Å². The Morgan fingerprint density at radius 2 is 1.53 bits per heavy atom. The number of piperidine rings is 1. The number of nitrogens with zero attached hydrogens (tertiary/aromatic N) is 4. The summed E-state index contributed by atoms with van der Waals surface area (Å²) in [5, 5.41) is 3.11. The molecule has 2 fully saturated rings. The lowest BCUT2D eigenvalue weighted by atomic mass is 9.87. The maximum atomic E-state index is 13.7. The van der Waals surface area contributed by atoms with Crippen molar-refractivity contribution in [3.8, 4) is 0 Å². The van der Waals surface area contributed by atoms with Crippen LogP contribution in [-0.2, 0) is 26.4 Å². The summed E-state index contributed by atoms with van der Waals surface area (Å²) in [5.74, 6) is 0.110. The third kappa shape index (κ3) is 9.36. The van der Waals surface area contributed by atoms with Crippen LogP contribution in [0.3, 0.4) is 0 Å². The van der Waals surface area contributed by atoms with Gasteiger partial charge in [0.25, 0.3) is 0 Å². The van der Waals surface area contributed by atoms with Gasteiger partial charge in [0.1, 0.15) is 0 Å². The first-order chi connectivity index (χ1) is 20.6. The Bertz CT molecular complexity index is 1380. The second-order valence-corrected chi connectivity index (χ2v) is 15.1. The molecule has 1 N–H and O–H groups in total. The number of amides is 1. The minimum absolute atomic E-state index is 0. The molecule has 0 aliphatic carbocycles. The second kappa shape index (κ2) is 14.7. The lowest BCUT2D eigenvalue weighted by molar-refractivity contribution is -0.140. The first-order valence-corrected chi connectivity index (χ1v) is 16.8. The number of halogens is 3. The van der Waals surface area contributed by atoms with E-state index in [1.54, 1.807) is 0 Å². The normalized spacial score (nSPS) is 17.4. The Hall–Kier alpha value is -2.83. The van der Waals surface area contributed by atoms with Gasteiger partial charge in [-0.3, -0.25) is 9.69 Å². The SMILES string of the molecule is C.CN(C)S(=O)(=O)c1ccc(NC2CCN(C(=O)CCCN3CCN(c4ccc(C(C)(C)C)cc4)CC3)CC2)cc1C(F)(F)F. The number of alkyl halides is 3. The van der Waals surface area contributed by atoms with Crippen LogP contribution in [0, 0.1) is 0 Å². The molecule has 0 unspecified atom stereocenters. The number of carbonyl (C=O) groups excluding carboxylic acids is 1. The molecule has 252 valence electrons. The number of rotatable bonds is 9. The van der Waals surface area contributed by atoms with Gasteiger partial charge in [0.2, 0.25) is 15.9 Å². The molecule has 0 radical (unpaired) electrons. The molecular weight excluding hydrogens is 603 g/mol. The molecule has 4 rings (SSSR count). The van der Waals surface area contributed by atoms with E-state index in [1.807, 2.05) is 4.90 Å². The van der Waals surface area contributed by atoms with Gasteiger partial charge in [-0.05, 0) is 67.1 Å². The minimum atomic E-state index is -4.82. The van der Waals surface area contributed by atoms with Crippen LogP contribution in [-0.4, -0.2) is 94.4 Å². The van der Waals surface area contributed by atoms with Gasteiger partial charge >= 0.3 is 6.18 Å². The highest BCUT2D eigenvalue weighted by Crippen LogP contribution is 2.37. The number of hydrogen-bond acceptors (Lipinski definition) is 6. The van der Waals surface area contributed by atoms with Gasteiger partial charge < -0.3 is 15.1 Å². The standard InChI is InChI=1S/C32H46F3N5O3S.CH4/c1-31(2,3)24-8-11-27(12-9-24)39-21-19-38(20-22-39)16-6-7-30(41)40-17-14-25(15-18-40)36-26-10-13-29(44(42,43)37(4)5)28(23-26)32(33,34)35;/h8-13,23,25,36H,6-7,14-22H2,1-5H3;1H4. The van der Waals surface area contributed by atoms with E-state index in [9.17, 15) is 26.4 Å². The summed E-state index contributed by atoms with van der Waals surface area (Å²) in [6.45, 7) is 12.4. The molecule has 12 heteroatoms. The van der Waals surface area contributed by atoms with Crippen LogP contribution < -0.4 is 10.2 Å². The van der Waals surface area contributed by atoms with Crippen molar-refractivity contribution in [3.05, 3.63) is 53.6 Å². The van der Waals surface area contributed by atoms with E-state index in [0.29, 0.717) is 32.4 Å². The van der Waals surface area contributed by atoms with Crippen molar-refractivity contribution in [2.24, 2.45) is 0 Å². The fourth-order valence-corrected chi connectivity index (χ4v) is 6.87. The van der Waals surface area contributed by atoms with Crippen molar-refractivity contribution in [2.45, 2.75) is 76.4 Å². The number of likely N-dealkylation sites (tertiary alicyclic amines) is 1. The molecule has 2 heterocycles. The summed E-state index contributed by atoms with van der Waals surface area (Å²) < 4.78 is 66.8. The number of carbonyl (C=O) groups is 1. The highest BCUT2D eigenvalue weighted by atomic mass is 32.2. The Labute approximate surface area is 267 Å². The molecule has 8 nitrogen and oxygen atoms in total. The molecular formula is C33H50F3N5O3S. The third-order valence-electron chi connectivity index (χ3n) is 8.60. The zero-order chi connectivity index (χ0) is 32.3. The van der Waals surface area contributed by atoms with E-state index < -0.39 is 26.7 Å². The van der Waals surface area contributed by atoms with Gasteiger partial charge in [-0.1, -0.05) is 40.3 Å². The summed E-state index contributed by atoms with van der Waals surface area (Å²) in [6, 6.07) is 12.0. The summed E-state index contributed by atoms with van der Waals surface area (Å²) in [7, 11) is -1.86. The van der Waals surface area contributed by atoms with Crippen LogP contribution in [0.4, 0.5) is 24.5 Å². The van der Waals surface area contributed by atoms with Gasteiger partial charge in [0, 0.05) is 77.2 Å². The molecule has 0 atom stereocenters. The second-order valence-electron chi connectivity index (χ2n) is 13.0. The van der Waals surface area contributed by atoms with E-state index in [0.717, 1.165) is 55.6 Å². The summed E-state index contributed by atoms with van der Waals surface area (Å²) in [5.41, 5.74) is 1.73. The third-order valence-corrected chi connectivity index (χ3v) is 10.5. The van der Waals surface area contributed by atoms with E-state index >= 15 is 0 Å². The molecule has 2 aliphatic rings. The van der Waals surface area contributed by atoms with Crippen molar-refractivity contribution in [2.75, 3.05) is 70.1 Å². The zero-order valence-corrected chi connectivity index (χ0v) is 27.3. The Balaban J connectivity index is 0.00000552. The predicted octanol–water partition coefficient (Wildman–Crippen LogP) is 5.89. The largest absolute Gasteiger partial charge is 0.417 e. The van der Waals surface area contributed by atoms with Crippen molar-refractivity contribution in [1.82, 2.24) is 14.1 Å². The molecule has 1 amide bonds. The first-order valence-electron chi connectivity index (χ1n) is 15.3. The summed E-state index contributed by atoms with van der Waals surface area (Å²) in [4.78, 5) is 18.8. The monoisotopic (exact) mass is 653 g/mol. The number of piperazine rings is 1. The maximum absolute atomic E-state index is 13.7. The van der Waals surface area contributed by atoms with E-state index in [2.05, 4.69) is 60.2 Å². The number of sulfonamides is 1. The number of nitrogens with one attached hydrogen (secondary N) is 1. The fraction of sp³-hybridized carbons (Fsp3) is 0.606. The van der Waals surface area contributed by atoms with Crippen molar-refractivity contribution in [3.63, 3.8) is 0 Å². The highest BCUT2D eigenvalue weighted by Gasteiger charge is 2.38. The highest BCUT2D eigenvalue weighted by molar-refractivity contribution is 7.89. The summed E-state index contributed by atoms with van der Waals surface area (Å²) >= 11 is 0.